The summed E-state index contributed by atoms with van der Waals surface area (Å²) in [6, 6.07) is 3.67. The maximum Gasteiger partial charge on any atom is 0.226 e. The Labute approximate surface area is 168 Å². The summed E-state index contributed by atoms with van der Waals surface area (Å²) in [7, 11) is 0. The molecule has 2 atom stereocenters. The summed E-state index contributed by atoms with van der Waals surface area (Å²) in [5.74, 6) is 1.06. The molecule has 4 rings (SSSR count). The fraction of sp³-hybridized carbons (Fsp3) is 0.600. The Hall–Kier alpha value is -2.36. The molecule has 1 spiro atoms. The Bertz CT molecular complexity index is 819. The van der Waals surface area contributed by atoms with Crippen LogP contribution in [0.25, 0.3) is 11.4 Å². The molecule has 0 aliphatic carbocycles. The van der Waals surface area contributed by atoms with E-state index in [-0.39, 0.29) is 5.91 Å². The van der Waals surface area contributed by atoms with Gasteiger partial charge in [-0.25, -0.2) is 0 Å². The lowest BCUT2D eigenvalue weighted by molar-refractivity contribution is -0.214. The van der Waals surface area contributed by atoms with Gasteiger partial charge in [0.05, 0.1) is 18.3 Å². The van der Waals surface area contributed by atoms with Gasteiger partial charge in [-0.3, -0.25) is 9.78 Å². The van der Waals surface area contributed by atoms with Crippen LogP contribution in [-0.4, -0.2) is 73.7 Å². The number of amides is 1. The van der Waals surface area contributed by atoms with Crippen LogP contribution in [0.3, 0.4) is 0 Å². The summed E-state index contributed by atoms with van der Waals surface area (Å²) in [5, 5.41) is 24.2. The number of hydrogen-bond donors (Lipinski definition) is 2. The second-order valence-corrected chi connectivity index (χ2v) is 7.70. The minimum Gasteiger partial charge on any atom is -0.390 e. The molecule has 2 aromatic rings. The van der Waals surface area contributed by atoms with E-state index in [9.17, 15) is 15.0 Å². The highest BCUT2D eigenvalue weighted by molar-refractivity contribution is 5.76. The van der Waals surface area contributed by atoms with Gasteiger partial charge in [-0.1, -0.05) is 5.16 Å². The van der Waals surface area contributed by atoms with Crippen LogP contribution in [0.15, 0.2) is 29.0 Å². The van der Waals surface area contributed by atoms with Gasteiger partial charge in [0.25, 0.3) is 0 Å². The number of pyridine rings is 1. The van der Waals surface area contributed by atoms with Crippen molar-refractivity contribution in [2.24, 2.45) is 0 Å². The first kappa shape index (κ1) is 19.9. The second kappa shape index (κ2) is 8.56. The lowest BCUT2D eigenvalue weighted by Crippen LogP contribution is -2.60. The topological polar surface area (TPSA) is 122 Å². The van der Waals surface area contributed by atoms with E-state index in [0.717, 1.165) is 5.56 Å². The van der Waals surface area contributed by atoms with Crippen LogP contribution in [-0.2, 0) is 16.0 Å². The molecule has 1 amide bonds. The highest BCUT2D eigenvalue weighted by atomic mass is 16.5. The number of carbonyl (C=O) groups excluding carboxylic acids is 1. The first-order valence-electron chi connectivity index (χ1n) is 10.1. The summed E-state index contributed by atoms with van der Waals surface area (Å²) in [6.45, 7) is 1.49. The van der Waals surface area contributed by atoms with Crippen LogP contribution in [0.5, 0.6) is 0 Å². The van der Waals surface area contributed by atoms with Gasteiger partial charge in [0.15, 0.2) is 0 Å². The van der Waals surface area contributed by atoms with Crippen molar-refractivity contribution in [1.82, 2.24) is 20.0 Å². The molecule has 29 heavy (non-hydrogen) atoms. The number of aliphatic hydroxyl groups is 2. The molecule has 2 N–H and O–H groups in total. The van der Waals surface area contributed by atoms with E-state index in [0.29, 0.717) is 69.9 Å². The van der Waals surface area contributed by atoms with Crippen molar-refractivity contribution in [3.8, 4) is 11.4 Å². The summed E-state index contributed by atoms with van der Waals surface area (Å²) in [4.78, 5) is 22.7. The fourth-order valence-corrected chi connectivity index (χ4v) is 4.07. The molecule has 0 radical (unpaired) electrons. The van der Waals surface area contributed by atoms with Gasteiger partial charge >= 0.3 is 0 Å². The molecule has 0 bridgehead atoms. The highest BCUT2D eigenvalue weighted by Crippen LogP contribution is 2.35. The molecule has 0 aromatic carbocycles. The lowest BCUT2D eigenvalue weighted by Gasteiger charge is -2.48. The monoisotopic (exact) mass is 402 g/mol. The average Bonchev–Trinajstić information content (AvgIpc) is 3.22. The van der Waals surface area contributed by atoms with Crippen molar-refractivity contribution in [3.05, 3.63) is 30.4 Å². The normalized spacial score (nSPS) is 24.0. The zero-order valence-corrected chi connectivity index (χ0v) is 16.2. The summed E-state index contributed by atoms with van der Waals surface area (Å²) in [6.07, 6.45) is 4.78. The largest absolute Gasteiger partial charge is 0.390 e. The number of piperidine rings is 1. The molecule has 9 heteroatoms. The van der Waals surface area contributed by atoms with Gasteiger partial charge in [-0.15, -0.1) is 0 Å². The van der Waals surface area contributed by atoms with E-state index in [2.05, 4.69) is 15.1 Å². The van der Waals surface area contributed by atoms with Crippen molar-refractivity contribution in [3.63, 3.8) is 0 Å². The molecule has 156 valence electrons. The first-order valence-corrected chi connectivity index (χ1v) is 10.1. The number of carbonyl (C=O) groups is 1. The summed E-state index contributed by atoms with van der Waals surface area (Å²) >= 11 is 0. The lowest BCUT2D eigenvalue weighted by atomic mass is 9.80. The molecule has 2 aliphatic rings. The maximum atomic E-state index is 12.5. The van der Waals surface area contributed by atoms with Gasteiger partial charge in [0.2, 0.25) is 17.6 Å². The zero-order chi connectivity index (χ0) is 20.3. The van der Waals surface area contributed by atoms with Crippen molar-refractivity contribution in [2.75, 3.05) is 19.7 Å². The SMILES string of the molecule is O=C(CCCc1nc(-c2cccnc2)no1)N1CCC2(CC1)OCC[C@H](O)[C@@H]2O. The number of aryl methyl sites for hydroxylation is 1. The van der Waals surface area contributed by atoms with Crippen molar-refractivity contribution in [2.45, 2.75) is 56.3 Å². The smallest absolute Gasteiger partial charge is 0.226 e. The predicted molar refractivity (Wildman–Crippen MR) is 102 cm³/mol. The van der Waals surface area contributed by atoms with Gasteiger partial charge in [-0.2, -0.15) is 4.98 Å². The summed E-state index contributed by atoms with van der Waals surface area (Å²) < 4.78 is 11.1. The molecule has 2 aromatic heterocycles. The van der Waals surface area contributed by atoms with Crippen LogP contribution in [0.2, 0.25) is 0 Å². The molecule has 0 unspecified atom stereocenters. The average molecular weight is 402 g/mol. The van der Waals surface area contributed by atoms with E-state index in [1.807, 2.05) is 12.1 Å². The number of ether oxygens (including phenoxy) is 1. The Morgan fingerprint density at radius 2 is 2.14 bits per heavy atom. The first-order chi connectivity index (χ1) is 14.1. The minimum atomic E-state index is -0.889. The predicted octanol–water partition coefficient (Wildman–Crippen LogP) is 0.958. The van der Waals surface area contributed by atoms with Crippen LogP contribution >= 0.6 is 0 Å². The van der Waals surface area contributed by atoms with Crippen LogP contribution < -0.4 is 0 Å². The number of likely N-dealkylation sites (tertiary alicyclic amines) is 1. The van der Waals surface area contributed by atoms with Gasteiger partial charge in [0, 0.05) is 43.9 Å². The molecule has 0 saturated carbocycles. The summed E-state index contributed by atoms with van der Waals surface area (Å²) in [5.41, 5.74) is 0.0685. The van der Waals surface area contributed by atoms with Gasteiger partial charge < -0.3 is 24.4 Å². The number of aromatic nitrogens is 3. The molecular weight excluding hydrogens is 376 g/mol. The Balaban J connectivity index is 1.23. The van der Waals surface area contributed by atoms with Crippen LogP contribution in [0, 0.1) is 0 Å². The van der Waals surface area contributed by atoms with Gasteiger partial charge in [-0.05, 0) is 37.8 Å². The van der Waals surface area contributed by atoms with E-state index >= 15 is 0 Å². The molecule has 2 saturated heterocycles. The quantitative estimate of drug-likeness (QED) is 0.758. The Kier molecular flexibility index (Phi) is 5.89. The standard InChI is InChI=1S/C20H26N4O5/c25-15-6-12-28-20(18(15)27)7-10-24(11-8-20)17(26)5-1-4-16-22-19(23-29-16)14-3-2-9-21-13-14/h2-3,9,13,15,18,25,27H,1,4-8,10-12H2/t15-,18-/m0/s1. The highest BCUT2D eigenvalue weighted by Gasteiger charge is 2.47. The number of nitrogens with zero attached hydrogens (tertiary/aromatic N) is 4. The van der Waals surface area contributed by atoms with Crippen molar-refractivity contribution < 1.29 is 24.3 Å². The number of hydrogen-bond acceptors (Lipinski definition) is 8. The minimum absolute atomic E-state index is 0.0673. The van der Waals surface area contributed by atoms with E-state index in [1.54, 1.807) is 17.3 Å². The molecule has 2 aliphatic heterocycles. The molecule has 2 fully saturated rings. The number of rotatable bonds is 5. The third-order valence-electron chi connectivity index (χ3n) is 5.84. The third kappa shape index (κ3) is 4.31. The Morgan fingerprint density at radius 3 is 2.90 bits per heavy atom. The van der Waals surface area contributed by atoms with Crippen LogP contribution in [0.1, 0.15) is 38.0 Å². The zero-order valence-electron chi connectivity index (χ0n) is 16.2. The fourth-order valence-electron chi connectivity index (χ4n) is 4.07. The number of aliphatic hydroxyl groups excluding tert-OH is 2. The Morgan fingerprint density at radius 1 is 1.31 bits per heavy atom. The molecule has 9 nitrogen and oxygen atoms in total. The van der Waals surface area contributed by atoms with Gasteiger partial charge in [0.1, 0.15) is 6.10 Å². The molecule has 4 heterocycles. The van der Waals surface area contributed by atoms with Crippen molar-refractivity contribution in [1.29, 1.82) is 0 Å². The van der Waals surface area contributed by atoms with Crippen LogP contribution in [0.4, 0.5) is 0 Å². The molecular formula is C20H26N4O5. The van der Waals surface area contributed by atoms with E-state index < -0.39 is 17.8 Å². The van der Waals surface area contributed by atoms with E-state index in [4.69, 9.17) is 9.26 Å². The third-order valence-corrected chi connectivity index (χ3v) is 5.84. The maximum absolute atomic E-state index is 12.5. The van der Waals surface area contributed by atoms with E-state index in [1.165, 1.54) is 0 Å². The van der Waals surface area contributed by atoms with Crippen molar-refractivity contribution >= 4 is 5.91 Å². The second-order valence-electron chi connectivity index (χ2n) is 7.70.